The molecule has 1 saturated heterocycles. The van der Waals surface area contributed by atoms with E-state index in [-0.39, 0.29) is 12.0 Å². The SMILES string of the molecule is O=C(N[C@@H]1[C@H](O)[C@@H](CO)O[C@H]1n1cnc2c(NCc3nc4ccccc4[nH]3)ncnc21)C1=CC(O)C(O)C(O)C1. The van der Waals surface area contributed by atoms with E-state index in [0.717, 1.165) is 17.1 Å². The molecule has 1 fully saturated rings. The van der Waals surface area contributed by atoms with Crippen LogP contribution in [0.25, 0.3) is 22.2 Å². The van der Waals surface area contributed by atoms with Gasteiger partial charge in [0.2, 0.25) is 5.91 Å². The van der Waals surface area contributed by atoms with Gasteiger partial charge in [-0.15, -0.1) is 0 Å². The zero-order valence-electron chi connectivity index (χ0n) is 21.0. The smallest absolute Gasteiger partial charge is 0.247 e. The van der Waals surface area contributed by atoms with Gasteiger partial charge in [0, 0.05) is 12.0 Å². The fourth-order valence-electron chi connectivity index (χ4n) is 5.07. The van der Waals surface area contributed by atoms with Gasteiger partial charge in [-0.1, -0.05) is 12.1 Å². The zero-order valence-corrected chi connectivity index (χ0v) is 21.0. The number of carbonyl (C=O) groups excluding carboxylic acids is 1. The molecule has 7 atom stereocenters. The normalized spacial score (nSPS) is 28.6. The van der Waals surface area contributed by atoms with E-state index in [1.54, 1.807) is 0 Å². The topological polar surface area (TPSA) is 224 Å². The Hall–Kier alpha value is -3.99. The number of aromatic nitrogens is 6. The summed E-state index contributed by atoms with van der Waals surface area (Å²) in [7, 11) is 0. The molecule has 210 valence electrons. The number of carbonyl (C=O) groups is 1. The number of nitrogens with zero attached hydrogens (tertiary/aromatic N) is 5. The van der Waals surface area contributed by atoms with Crippen molar-refractivity contribution in [3.05, 3.63) is 54.4 Å². The maximum Gasteiger partial charge on any atom is 0.247 e. The molecule has 6 rings (SSSR count). The summed E-state index contributed by atoms with van der Waals surface area (Å²) in [4.78, 5) is 33.9. The summed E-state index contributed by atoms with van der Waals surface area (Å²) < 4.78 is 7.42. The van der Waals surface area contributed by atoms with Crippen molar-refractivity contribution in [3.8, 4) is 0 Å². The summed E-state index contributed by atoms with van der Waals surface area (Å²) in [5.74, 6) is 0.451. The zero-order chi connectivity index (χ0) is 28.0. The second-order valence-corrected chi connectivity index (χ2v) is 9.78. The third-order valence-electron chi connectivity index (χ3n) is 7.18. The lowest BCUT2D eigenvalue weighted by Gasteiger charge is -2.29. The lowest BCUT2D eigenvalue weighted by molar-refractivity contribution is -0.121. The van der Waals surface area contributed by atoms with Crippen LogP contribution in [0.5, 0.6) is 0 Å². The number of nitrogens with one attached hydrogen (secondary N) is 3. The largest absolute Gasteiger partial charge is 0.394 e. The van der Waals surface area contributed by atoms with Crippen molar-refractivity contribution in [3.63, 3.8) is 0 Å². The number of fused-ring (bicyclic) bond motifs is 2. The van der Waals surface area contributed by atoms with Crippen molar-refractivity contribution in [1.82, 2.24) is 34.8 Å². The van der Waals surface area contributed by atoms with Gasteiger partial charge < -0.3 is 45.9 Å². The second-order valence-electron chi connectivity index (χ2n) is 9.78. The van der Waals surface area contributed by atoms with Crippen molar-refractivity contribution < 1.29 is 35.1 Å². The van der Waals surface area contributed by atoms with E-state index in [1.807, 2.05) is 24.3 Å². The second kappa shape index (κ2) is 10.5. The summed E-state index contributed by atoms with van der Waals surface area (Å²) in [6.07, 6.45) is -3.74. The van der Waals surface area contributed by atoms with Crippen LogP contribution in [0.3, 0.4) is 0 Å². The molecule has 3 unspecified atom stereocenters. The van der Waals surface area contributed by atoms with Crippen LogP contribution >= 0.6 is 0 Å². The number of aliphatic hydroxyl groups excluding tert-OH is 5. The number of imidazole rings is 2. The Morgan fingerprint density at radius 1 is 1.12 bits per heavy atom. The van der Waals surface area contributed by atoms with Crippen LogP contribution in [-0.2, 0) is 16.1 Å². The Morgan fingerprint density at radius 2 is 1.95 bits per heavy atom. The number of H-pyrrole nitrogens is 1. The Morgan fingerprint density at radius 3 is 2.73 bits per heavy atom. The molecule has 4 heterocycles. The van der Waals surface area contributed by atoms with Crippen LogP contribution in [0.4, 0.5) is 5.82 Å². The molecule has 8 N–H and O–H groups in total. The van der Waals surface area contributed by atoms with E-state index < -0.39 is 55.3 Å². The quantitative estimate of drug-likeness (QED) is 0.131. The molecule has 40 heavy (non-hydrogen) atoms. The van der Waals surface area contributed by atoms with Crippen LogP contribution in [-0.4, -0.2) is 104 Å². The number of anilines is 1. The van der Waals surface area contributed by atoms with Crippen molar-refractivity contribution in [2.75, 3.05) is 11.9 Å². The van der Waals surface area contributed by atoms with E-state index in [9.17, 15) is 30.3 Å². The van der Waals surface area contributed by atoms with Crippen LogP contribution in [0, 0.1) is 0 Å². The molecule has 0 bridgehead atoms. The molecule has 4 aromatic rings. The van der Waals surface area contributed by atoms with Gasteiger partial charge in [-0.25, -0.2) is 19.9 Å². The molecule has 2 aliphatic rings. The number of para-hydroxylation sites is 2. The number of rotatable bonds is 7. The van der Waals surface area contributed by atoms with E-state index in [4.69, 9.17) is 4.74 Å². The number of hydrogen-bond donors (Lipinski definition) is 8. The number of amides is 1. The predicted molar refractivity (Wildman–Crippen MR) is 138 cm³/mol. The number of aromatic amines is 1. The van der Waals surface area contributed by atoms with Gasteiger partial charge in [0.15, 0.2) is 23.2 Å². The standard InChI is InChI=1S/C25H28N8O7/c34-8-16-21(38)18(32-24(39)11-5-14(35)20(37)15(36)6-11)25(40-16)33-10-29-19-22(27-9-28-23(19)33)26-7-17-30-12-3-1-2-4-13(12)31-17/h1-5,9-10,14-16,18,20-21,25,34-38H,6-8H2,(H,30,31)(H,32,39)(H,26,27,28)/t14?,15?,16-,18-,20?,21-,25-/m1/s1. The third-order valence-corrected chi connectivity index (χ3v) is 7.18. The van der Waals surface area contributed by atoms with Crippen LogP contribution in [0.15, 0.2) is 48.6 Å². The molecule has 0 radical (unpaired) electrons. The highest BCUT2D eigenvalue weighted by Gasteiger charge is 2.46. The molecule has 0 spiro atoms. The Bertz CT molecular complexity index is 1540. The van der Waals surface area contributed by atoms with Crippen molar-refractivity contribution in [1.29, 1.82) is 0 Å². The van der Waals surface area contributed by atoms with Gasteiger partial charge in [0.25, 0.3) is 0 Å². The molecule has 15 nitrogen and oxygen atoms in total. The Kier molecular flexibility index (Phi) is 6.91. The highest BCUT2D eigenvalue weighted by molar-refractivity contribution is 5.94. The van der Waals surface area contributed by atoms with Gasteiger partial charge in [-0.3, -0.25) is 9.36 Å². The van der Waals surface area contributed by atoms with Gasteiger partial charge in [-0.05, 0) is 18.2 Å². The van der Waals surface area contributed by atoms with E-state index >= 15 is 0 Å². The van der Waals surface area contributed by atoms with Crippen molar-refractivity contribution in [2.24, 2.45) is 0 Å². The van der Waals surface area contributed by atoms with Crippen molar-refractivity contribution >= 4 is 33.9 Å². The molecule has 15 heteroatoms. The van der Waals surface area contributed by atoms with Gasteiger partial charge in [0.05, 0.1) is 36.6 Å². The first-order valence-corrected chi connectivity index (χ1v) is 12.7. The minimum absolute atomic E-state index is 0.0404. The lowest BCUT2D eigenvalue weighted by Crippen LogP contribution is -2.49. The van der Waals surface area contributed by atoms with Crippen molar-refractivity contribution in [2.45, 2.75) is 55.8 Å². The monoisotopic (exact) mass is 552 g/mol. The van der Waals surface area contributed by atoms with Gasteiger partial charge in [0.1, 0.15) is 42.6 Å². The molecular weight excluding hydrogens is 524 g/mol. The van der Waals surface area contributed by atoms with E-state index in [0.29, 0.717) is 29.4 Å². The Labute approximate surface area is 226 Å². The van der Waals surface area contributed by atoms with Crippen LogP contribution in [0.1, 0.15) is 18.5 Å². The highest BCUT2D eigenvalue weighted by atomic mass is 16.5. The number of hydrogen-bond acceptors (Lipinski definition) is 12. The number of aliphatic hydroxyl groups is 5. The maximum absolute atomic E-state index is 13.0. The lowest BCUT2D eigenvalue weighted by atomic mass is 9.91. The summed E-state index contributed by atoms with van der Waals surface area (Å²) in [5, 5.41) is 56.2. The molecule has 1 aliphatic heterocycles. The Balaban J connectivity index is 1.25. The van der Waals surface area contributed by atoms with Gasteiger partial charge >= 0.3 is 0 Å². The minimum Gasteiger partial charge on any atom is -0.394 e. The third kappa shape index (κ3) is 4.68. The average molecular weight is 553 g/mol. The number of ether oxygens (including phenoxy) is 1. The first-order valence-electron chi connectivity index (χ1n) is 12.7. The highest BCUT2D eigenvalue weighted by Crippen LogP contribution is 2.33. The van der Waals surface area contributed by atoms with E-state index in [2.05, 4.69) is 35.6 Å². The van der Waals surface area contributed by atoms with Crippen LogP contribution < -0.4 is 10.6 Å². The molecule has 1 aromatic carbocycles. The predicted octanol–water partition coefficient (Wildman–Crippen LogP) is -1.54. The fraction of sp³-hybridized carbons (Fsp3) is 0.400. The summed E-state index contributed by atoms with van der Waals surface area (Å²) in [5.41, 5.74) is 2.54. The fourth-order valence-corrected chi connectivity index (χ4v) is 5.07. The molecular formula is C25H28N8O7. The number of benzene rings is 1. The summed E-state index contributed by atoms with van der Waals surface area (Å²) >= 11 is 0. The molecule has 3 aromatic heterocycles. The maximum atomic E-state index is 13.0. The average Bonchev–Trinajstić information content (AvgIpc) is 3.65. The molecule has 1 aliphatic carbocycles. The van der Waals surface area contributed by atoms with Crippen LogP contribution in [0.2, 0.25) is 0 Å². The molecule has 0 saturated carbocycles. The minimum atomic E-state index is -1.42. The summed E-state index contributed by atoms with van der Waals surface area (Å²) in [6.45, 7) is -0.179. The summed E-state index contributed by atoms with van der Waals surface area (Å²) in [6, 6.07) is 6.61. The first kappa shape index (κ1) is 26.2. The first-order chi connectivity index (χ1) is 19.3. The van der Waals surface area contributed by atoms with E-state index in [1.165, 1.54) is 17.2 Å². The molecule has 1 amide bonds. The van der Waals surface area contributed by atoms with Gasteiger partial charge in [-0.2, -0.15) is 0 Å².